The Balaban J connectivity index is 2.47. The molecule has 1 aliphatic rings. The second kappa shape index (κ2) is 4.17. The first-order valence-electron chi connectivity index (χ1n) is 6.23. The van der Waals surface area contributed by atoms with Crippen LogP contribution in [-0.2, 0) is 10.2 Å². The predicted molar refractivity (Wildman–Crippen MR) is 68.4 cm³/mol. The monoisotopic (exact) mass is 232 g/mol. The van der Waals surface area contributed by atoms with Crippen molar-refractivity contribution in [1.82, 2.24) is 0 Å². The summed E-state index contributed by atoms with van der Waals surface area (Å²) in [5.74, 6) is 1.02. The zero-order chi connectivity index (χ0) is 12.6. The Morgan fingerprint density at radius 3 is 2.65 bits per heavy atom. The average molecular weight is 232 g/mol. The van der Waals surface area contributed by atoms with E-state index in [0.29, 0.717) is 12.3 Å². The highest BCUT2D eigenvalue weighted by Gasteiger charge is 2.23. The number of carbonyl (C=O) groups excluding carboxylic acids is 1. The van der Waals surface area contributed by atoms with Crippen LogP contribution in [0.25, 0.3) is 0 Å². The number of ether oxygens (including phenoxy) is 1. The Hall–Kier alpha value is -1.31. The van der Waals surface area contributed by atoms with Crippen LogP contribution in [0.1, 0.15) is 57.6 Å². The molecule has 0 amide bonds. The summed E-state index contributed by atoms with van der Waals surface area (Å²) in [7, 11) is 0. The lowest BCUT2D eigenvalue weighted by Gasteiger charge is -2.21. The molecule has 2 heteroatoms. The van der Waals surface area contributed by atoms with Crippen molar-refractivity contribution in [3.8, 4) is 5.75 Å². The number of rotatable bonds is 0. The summed E-state index contributed by atoms with van der Waals surface area (Å²) in [5.41, 5.74) is 2.59. The van der Waals surface area contributed by atoms with Gasteiger partial charge in [-0.2, -0.15) is 0 Å². The van der Waals surface area contributed by atoms with Crippen LogP contribution >= 0.6 is 0 Å². The minimum atomic E-state index is -0.112. The van der Waals surface area contributed by atoms with Crippen LogP contribution in [0.5, 0.6) is 5.75 Å². The molecule has 1 aromatic carbocycles. The van der Waals surface area contributed by atoms with Crippen molar-refractivity contribution in [3.63, 3.8) is 0 Å². The Morgan fingerprint density at radius 2 is 2.00 bits per heavy atom. The number of esters is 1. The molecule has 0 fully saturated rings. The first-order valence-corrected chi connectivity index (χ1v) is 6.23. The quantitative estimate of drug-likeness (QED) is 0.502. The molecule has 0 aliphatic carbocycles. The molecule has 1 unspecified atom stereocenters. The van der Waals surface area contributed by atoms with Crippen molar-refractivity contribution in [2.45, 2.75) is 51.9 Å². The van der Waals surface area contributed by atoms with Gasteiger partial charge in [-0.25, -0.2) is 0 Å². The zero-order valence-electron chi connectivity index (χ0n) is 11.0. The molecule has 0 saturated carbocycles. The van der Waals surface area contributed by atoms with Gasteiger partial charge < -0.3 is 4.74 Å². The molecule has 0 saturated heterocycles. The second-order valence-corrected chi connectivity index (χ2v) is 5.92. The lowest BCUT2D eigenvalue weighted by molar-refractivity contribution is -0.134. The molecule has 1 atom stereocenters. The molecule has 0 N–H and O–H groups in total. The standard InChI is InChI=1S/C15H20O2/c1-10-5-8-14(16)17-13-7-6-11(9-12(10)13)15(2,3)4/h6-7,9-10H,5,8H2,1-4H3. The highest BCUT2D eigenvalue weighted by molar-refractivity contribution is 5.74. The molecular formula is C15H20O2. The van der Waals surface area contributed by atoms with E-state index in [0.717, 1.165) is 12.2 Å². The summed E-state index contributed by atoms with van der Waals surface area (Å²) in [5, 5.41) is 0. The minimum absolute atomic E-state index is 0.112. The molecule has 17 heavy (non-hydrogen) atoms. The molecule has 0 spiro atoms. The van der Waals surface area contributed by atoms with Gasteiger partial charge in [0.2, 0.25) is 0 Å². The predicted octanol–water partition coefficient (Wildman–Crippen LogP) is 3.79. The molecule has 1 heterocycles. The third kappa shape index (κ3) is 2.51. The van der Waals surface area contributed by atoms with E-state index < -0.39 is 0 Å². The van der Waals surface area contributed by atoms with Crippen LogP contribution in [0, 0.1) is 0 Å². The van der Waals surface area contributed by atoms with Crippen molar-refractivity contribution in [2.75, 3.05) is 0 Å². The fourth-order valence-corrected chi connectivity index (χ4v) is 2.16. The third-order valence-corrected chi connectivity index (χ3v) is 3.41. The molecule has 1 aromatic rings. The van der Waals surface area contributed by atoms with E-state index in [4.69, 9.17) is 4.74 Å². The van der Waals surface area contributed by atoms with Crippen LogP contribution in [0.15, 0.2) is 18.2 Å². The second-order valence-electron chi connectivity index (χ2n) is 5.92. The maximum absolute atomic E-state index is 11.5. The maximum Gasteiger partial charge on any atom is 0.311 e. The summed E-state index contributed by atoms with van der Waals surface area (Å²) in [4.78, 5) is 11.5. The van der Waals surface area contributed by atoms with E-state index in [1.807, 2.05) is 6.07 Å². The molecule has 1 aliphatic heterocycles. The smallest absolute Gasteiger partial charge is 0.311 e. The fraction of sp³-hybridized carbons (Fsp3) is 0.533. The minimum Gasteiger partial charge on any atom is -0.426 e. The van der Waals surface area contributed by atoms with Crippen molar-refractivity contribution in [2.24, 2.45) is 0 Å². The van der Waals surface area contributed by atoms with Crippen LogP contribution < -0.4 is 4.74 Å². The van der Waals surface area contributed by atoms with Gasteiger partial charge in [0.25, 0.3) is 0 Å². The molecule has 0 radical (unpaired) electrons. The van der Waals surface area contributed by atoms with E-state index in [1.54, 1.807) is 0 Å². The fourth-order valence-electron chi connectivity index (χ4n) is 2.16. The highest BCUT2D eigenvalue weighted by Crippen LogP contribution is 2.36. The lowest BCUT2D eigenvalue weighted by Crippen LogP contribution is -2.12. The summed E-state index contributed by atoms with van der Waals surface area (Å²) in [6.45, 7) is 8.75. The topological polar surface area (TPSA) is 26.3 Å². The van der Waals surface area contributed by atoms with E-state index in [9.17, 15) is 4.79 Å². The number of hydrogen-bond donors (Lipinski definition) is 0. The lowest BCUT2D eigenvalue weighted by atomic mass is 9.84. The highest BCUT2D eigenvalue weighted by atomic mass is 16.5. The van der Waals surface area contributed by atoms with E-state index >= 15 is 0 Å². The molecule has 0 bridgehead atoms. The molecular weight excluding hydrogens is 212 g/mol. The number of fused-ring (bicyclic) bond motifs is 1. The van der Waals surface area contributed by atoms with Gasteiger partial charge in [-0.1, -0.05) is 39.8 Å². The first kappa shape index (κ1) is 12.2. The van der Waals surface area contributed by atoms with Gasteiger partial charge in [-0.15, -0.1) is 0 Å². The third-order valence-electron chi connectivity index (χ3n) is 3.41. The van der Waals surface area contributed by atoms with Crippen molar-refractivity contribution < 1.29 is 9.53 Å². The van der Waals surface area contributed by atoms with Crippen LogP contribution in [0.4, 0.5) is 0 Å². The molecule has 2 rings (SSSR count). The Labute approximate surface area is 103 Å². The van der Waals surface area contributed by atoms with E-state index in [2.05, 4.69) is 39.8 Å². The van der Waals surface area contributed by atoms with Gasteiger partial charge in [0.05, 0.1) is 0 Å². The van der Waals surface area contributed by atoms with Gasteiger partial charge in [0.15, 0.2) is 0 Å². The summed E-state index contributed by atoms with van der Waals surface area (Å²) < 4.78 is 5.36. The average Bonchev–Trinajstić information content (AvgIpc) is 2.37. The number of hydrogen-bond acceptors (Lipinski definition) is 2. The van der Waals surface area contributed by atoms with E-state index in [-0.39, 0.29) is 11.4 Å². The number of benzene rings is 1. The zero-order valence-corrected chi connectivity index (χ0v) is 11.0. The van der Waals surface area contributed by atoms with Gasteiger partial charge in [-0.05, 0) is 34.9 Å². The van der Waals surface area contributed by atoms with Crippen LogP contribution in [0.3, 0.4) is 0 Å². The van der Waals surface area contributed by atoms with Gasteiger partial charge >= 0.3 is 5.97 Å². The first-order chi connectivity index (χ1) is 7.88. The molecule has 0 aromatic heterocycles. The van der Waals surface area contributed by atoms with Crippen molar-refractivity contribution >= 4 is 5.97 Å². The van der Waals surface area contributed by atoms with Crippen LogP contribution in [-0.4, -0.2) is 5.97 Å². The Kier molecular flexibility index (Phi) is 2.98. The normalized spacial score (nSPS) is 20.5. The van der Waals surface area contributed by atoms with Crippen molar-refractivity contribution in [1.29, 1.82) is 0 Å². The van der Waals surface area contributed by atoms with Crippen molar-refractivity contribution in [3.05, 3.63) is 29.3 Å². The largest absolute Gasteiger partial charge is 0.426 e. The summed E-state index contributed by atoms with van der Waals surface area (Å²) in [6.07, 6.45) is 1.39. The Morgan fingerprint density at radius 1 is 1.29 bits per heavy atom. The van der Waals surface area contributed by atoms with Gasteiger partial charge in [0, 0.05) is 6.42 Å². The number of carbonyl (C=O) groups is 1. The Bertz CT molecular complexity index is 441. The SMILES string of the molecule is CC1CCC(=O)Oc2ccc(C(C)(C)C)cc21. The maximum atomic E-state index is 11.5. The van der Waals surface area contributed by atoms with Crippen LogP contribution in [0.2, 0.25) is 0 Å². The van der Waals surface area contributed by atoms with Gasteiger partial charge in [0.1, 0.15) is 5.75 Å². The summed E-state index contributed by atoms with van der Waals surface area (Å²) in [6, 6.07) is 6.19. The van der Waals surface area contributed by atoms with E-state index in [1.165, 1.54) is 11.1 Å². The summed E-state index contributed by atoms with van der Waals surface area (Å²) >= 11 is 0. The molecule has 92 valence electrons. The van der Waals surface area contributed by atoms with Gasteiger partial charge in [-0.3, -0.25) is 4.79 Å². The molecule has 2 nitrogen and oxygen atoms in total.